The Balaban J connectivity index is 0.744. The highest BCUT2D eigenvalue weighted by Crippen LogP contribution is 2.50. The number of hydrogen-bond acceptors (Lipinski definition) is 6. The van der Waals surface area contributed by atoms with Crippen LogP contribution >= 0.6 is 22.7 Å². The van der Waals surface area contributed by atoms with E-state index in [1.807, 2.05) is 34.8 Å². The topological polar surface area (TPSA) is 42.6 Å². The van der Waals surface area contributed by atoms with Gasteiger partial charge in [-0.05, 0) is 156 Å². The van der Waals surface area contributed by atoms with Crippen LogP contribution in [-0.2, 0) is 0 Å². The molecular weight excluding hydrogens is 1140 g/mol. The zero-order valence-corrected chi connectivity index (χ0v) is 49.8. The molecule has 0 atom stereocenters. The lowest BCUT2D eigenvalue weighted by Crippen LogP contribution is -2.10. The number of hydrogen-bond donors (Lipinski definition) is 0. The molecule has 0 aliphatic heterocycles. The van der Waals surface area contributed by atoms with E-state index in [-0.39, 0.29) is 0 Å². The Kier molecular flexibility index (Phi) is 10.5. The van der Waals surface area contributed by atoms with E-state index in [1.165, 1.54) is 83.7 Å². The lowest BCUT2D eigenvalue weighted by molar-refractivity contribution is 0.668. The predicted molar refractivity (Wildman–Crippen MR) is 382 cm³/mol. The summed E-state index contributed by atoms with van der Waals surface area (Å²) in [4.78, 5) is 4.85. The minimum atomic E-state index is 0.872. The third-order valence-corrected chi connectivity index (χ3v) is 20.9. The van der Waals surface area contributed by atoms with Gasteiger partial charge in [-0.2, -0.15) is 0 Å². The normalized spacial score (nSPS) is 12.2. The number of aromatic nitrogens is 2. The molecule has 14 aromatic carbocycles. The molecule has 6 nitrogen and oxygen atoms in total. The third kappa shape index (κ3) is 7.31. The molecule has 420 valence electrons. The molecule has 6 aromatic heterocycles. The van der Waals surface area contributed by atoms with Gasteiger partial charge in [0.2, 0.25) is 0 Å². The molecule has 0 fully saturated rings. The molecule has 0 saturated carbocycles. The Morgan fingerprint density at radius 3 is 1.01 bits per heavy atom. The number of para-hydroxylation sites is 6. The van der Waals surface area contributed by atoms with E-state index in [9.17, 15) is 0 Å². The molecule has 0 amide bonds. The van der Waals surface area contributed by atoms with E-state index in [2.05, 4.69) is 298 Å². The Morgan fingerprint density at radius 2 is 0.556 bits per heavy atom. The fraction of sp³-hybridized carbons (Fsp3) is 0. The van der Waals surface area contributed by atoms with Crippen LogP contribution in [0.1, 0.15) is 0 Å². The van der Waals surface area contributed by atoms with Gasteiger partial charge in [0.25, 0.3) is 0 Å². The number of benzene rings is 14. The molecule has 0 N–H and O–H groups in total. The largest absolute Gasteiger partial charge is 0.456 e. The van der Waals surface area contributed by atoms with E-state index in [1.54, 1.807) is 0 Å². The zero-order chi connectivity index (χ0) is 58.7. The quantitative estimate of drug-likeness (QED) is 0.152. The third-order valence-electron chi connectivity index (χ3n) is 18.6. The van der Waals surface area contributed by atoms with Crippen LogP contribution in [0.4, 0.5) is 34.1 Å². The van der Waals surface area contributed by atoms with Crippen molar-refractivity contribution in [2.75, 3.05) is 9.80 Å². The van der Waals surface area contributed by atoms with Gasteiger partial charge in [0.1, 0.15) is 22.3 Å². The van der Waals surface area contributed by atoms with E-state index in [4.69, 9.17) is 8.83 Å². The van der Waals surface area contributed by atoms with Crippen LogP contribution in [0.2, 0.25) is 0 Å². The van der Waals surface area contributed by atoms with Crippen molar-refractivity contribution in [3.8, 4) is 11.4 Å². The number of rotatable bonds is 8. The summed E-state index contributed by atoms with van der Waals surface area (Å²) in [5.41, 5.74) is 16.8. The van der Waals surface area contributed by atoms with Crippen LogP contribution in [0.15, 0.2) is 300 Å². The lowest BCUT2D eigenvalue weighted by atomic mass is 9.99. The second-order valence-electron chi connectivity index (χ2n) is 23.5. The monoisotopic (exact) mass is 1180 g/mol. The predicted octanol–water partition coefficient (Wildman–Crippen LogP) is 24.5. The van der Waals surface area contributed by atoms with Gasteiger partial charge in [-0.15, -0.1) is 22.7 Å². The van der Waals surface area contributed by atoms with Crippen LogP contribution in [0.25, 0.3) is 150 Å². The molecule has 6 heterocycles. The molecule has 20 aromatic rings. The molecule has 90 heavy (non-hydrogen) atoms. The minimum absolute atomic E-state index is 0.872. The van der Waals surface area contributed by atoms with E-state index in [0.717, 1.165) is 100 Å². The first kappa shape index (κ1) is 49.7. The van der Waals surface area contributed by atoms with Gasteiger partial charge < -0.3 is 27.8 Å². The molecule has 20 rings (SSSR count). The molecule has 0 spiro atoms. The molecule has 0 unspecified atom stereocenters. The summed E-state index contributed by atoms with van der Waals surface area (Å²) in [6, 6.07) is 106. The highest BCUT2D eigenvalue weighted by Gasteiger charge is 2.24. The van der Waals surface area contributed by atoms with Crippen molar-refractivity contribution >= 4 is 195 Å². The second kappa shape index (κ2) is 19.0. The van der Waals surface area contributed by atoms with Crippen molar-refractivity contribution in [1.82, 2.24) is 9.13 Å². The first-order valence-corrected chi connectivity index (χ1v) is 32.1. The fourth-order valence-corrected chi connectivity index (χ4v) is 17.0. The molecule has 0 radical (unpaired) electrons. The smallest absolute Gasteiger partial charge is 0.135 e. The van der Waals surface area contributed by atoms with Crippen LogP contribution in [0.5, 0.6) is 0 Å². The van der Waals surface area contributed by atoms with Gasteiger partial charge in [-0.1, -0.05) is 146 Å². The van der Waals surface area contributed by atoms with Gasteiger partial charge in [-0.25, -0.2) is 0 Å². The van der Waals surface area contributed by atoms with Gasteiger partial charge in [0.15, 0.2) is 0 Å². The van der Waals surface area contributed by atoms with Gasteiger partial charge in [-0.3, -0.25) is 0 Å². The standard InChI is InChI=1S/C82H48N4O2S2/c1-3-15-49(16-4-1)85-69-23-11-7-19-57(69)59-33-27-53(45-71(59)85)83(51-31-39-75-67(43-51)61-21-9-13-25-73(61)87-75)55-29-35-65-79(47-55)89-77-41-37-64-63(81(65)77)38-42-78-82(64)66-36-30-56(48-80(66)90-78)84(52-32-40-76-68(44-52)62-22-10-14-26-74(62)88-76)54-28-34-60-58-20-8-12-24-70(58)86(72(60)46-54)50-17-5-2-6-18-50/h1-48H. The molecule has 8 heteroatoms. The summed E-state index contributed by atoms with van der Waals surface area (Å²) in [7, 11) is 0. The first-order valence-electron chi connectivity index (χ1n) is 30.4. The minimum Gasteiger partial charge on any atom is -0.456 e. The molecule has 0 aliphatic carbocycles. The Morgan fingerprint density at radius 1 is 0.222 bits per heavy atom. The average Bonchev–Trinajstić information content (AvgIpc) is 2.47. The summed E-state index contributed by atoms with van der Waals surface area (Å²) in [6.07, 6.45) is 0. The van der Waals surface area contributed by atoms with Gasteiger partial charge >= 0.3 is 0 Å². The SMILES string of the molecule is c1ccc(-n2c3ccccc3c3ccc(N(c4ccc5c(c4)sc4ccc6c(ccc7sc8cc(N(c9ccc%10oc%11ccccc%11c%10c9)c9ccc%10c%11ccccc%11n(-c%11ccccc%11)c%10c9)ccc8c76)c45)c4ccc5oc6ccccc6c5c4)cc32)cc1. The molecule has 0 saturated heterocycles. The maximum atomic E-state index is 6.40. The van der Waals surface area contributed by atoms with Crippen LogP contribution in [0.3, 0.4) is 0 Å². The second-order valence-corrected chi connectivity index (χ2v) is 25.7. The van der Waals surface area contributed by atoms with E-state index >= 15 is 0 Å². The summed E-state index contributed by atoms with van der Waals surface area (Å²) in [6.45, 7) is 0. The lowest BCUT2D eigenvalue weighted by Gasteiger charge is -2.26. The van der Waals surface area contributed by atoms with E-state index in [0.29, 0.717) is 0 Å². The number of nitrogens with zero attached hydrogens (tertiary/aromatic N) is 4. The first-order chi connectivity index (χ1) is 44.6. The highest BCUT2D eigenvalue weighted by atomic mass is 32.1. The number of anilines is 6. The molecular formula is C82H48N4O2S2. The Labute approximate surface area is 522 Å². The van der Waals surface area contributed by atoms with Crippen LogP contribution in [-0.4, -0.2) is 9.13 Å². The Hall–Kier alpha value is -11.4. The van der Waals surface area contributed by atoms with Gasteiger partial charge in [0, 0.05) is 129 Å². The zero-order valence-electron chi connectivity index (χ0n) is 48.1. The van der Waals surface area contributed by atoms with Crippen molar-refractivity contribution < 1.29 is 8.83 Å². The summed E-state index contributed by atoms with van der Waals surface area (Å²) in [5.74, 6) is 0. The van der Waals surface area contributed by atoms with Crippen molar-refractivity contribution in [2.24, 2.45) is 0 Å². The van der Waals surface area contributed by atoms with Crippen molar-refractivity contribution in [3.63, 3.8) is 0 Å². The van der Waals surface area contributed by atoms with E-state index < -0.39 is 0 Å². The maximum absolute atomic E-state index is 6.40. The Bertz CT molecular complexity index is 5990. The average molecular weight is 1190 g/mol. The van der Waals surface area contributed by atoms with Crippen molar-refractivity contribution in [2.45, 2.75) is 0 Å². The fourth-order valence-electron chi connectivity index (χ4n) is 14.7. The number of thiophene rings is 2. The molecule has 0 bridgehead atoms. The van der Waals surface area contributed by atoms with Crippen molar-refractivity contribution in [3.05, 3.63) is 291 Å². The summed E-state index contributed by atoms with van der Waals surface area (Å²) < 4.78 is 22.6. The number of fused-ring (bicyclic) bond motifs is 21. The van der Waals surface area contributed by atoms with Crippen LogP contribution in [0, 0.1) is 0 Å². The summed E-state index contributed by atoms with van der Waals surface area (Å²) >= 11 is 3.74. The van der Waals surface area contributed by atoms with Crippen molar-refractivity contribution in [1.29, 1.82) is 0 Å². The van der Waals surface area contributed by atoms with Gasteiger partial charge in [0.05, 0.1) is 22.1 Å². The highest BCUT2D eigenvalue weighted by molar-refractivity contribution is 7.26. The van der Waals surface area contributed by atoms with Crippen LogP contribution < -0.4 is 9.80 Å². The number of furan rings is 2. The summed E-state index contributed by atoms with van der Waals surface area (Å²) in [5, 5.41) is 16.9. The molecule has 0 aliphatic rings. The maximum Gasteiger partial charge on any atom is 0.135 e.